The molecule has 2 rings (SSSR count). The molecule has 1 aromatic carbocycles. The normalized spacial score (nSPS) is 23.8. The fourth-order valence-electron chi connectivity index (χ4n) is 3.32. The highest BCUT2D eigenvalue weighted by atomic mass is 16.5. The number of nitrogens with one attached hydrogen (secondary N) is 1. The van der Waals surface area contributed by atoms with Crippen molar-refractivity contribution in [2.75, 3.05) is 14.2 Å². The summed E-state index contributed by atoms with van der Waals surface area (Å²) in [5, 5.41) is 3.81. The summed E-state index contributed by atoms with van der Waals surface area (Å²) in [5.41, 5.74) is 2.42. The molecule has 21 heavy (non-hydrogen) atoms. The quantitative estimate of drug-likeness (QED) is 0.857. The zero-order valence-electron chi connectivity index (χ0n) is 13.8. The Hall–Kier alpha value is -1.06. The molecule has 0 amide bonds. The second kappa shape index (κ2) is 7.81. The molecular weight excluding hydrogens is 262 g/mol. The molecule has 1 aliphatic rings. The van der Waals surface area contributed by atoms with Gasteiger partial charge >= 0.3 is 0 Å². The van der Waals surface area contributed by atoms with Crippen LogP contribution in [0.3, 0.4) is 0 Å². The average molecular weight is 291 g/mol. The third-order valence-corrected chi connectivity index (χ3v) is 4.68. The zero-order chi connectivity index (χ0) is 15.2. The van der Waals surface area contributed by atoms with Gasteiger partial charge in [-0.05, 0) is 43.4 Å². The van der Waals surface area contributed by atoms with Gasteiger partial charge in [-0.25, -0.2) is 0 Å². The second-order valence-corrected chi connectivity index (χ2v) is 6.26. The van der Waals surface area contributed by atoms with Crippen LogP contribution >= 0.6 is 0 Å². The maximum absolute atomic E-state index is 5.40. The van der Waals surface area contributed by atoms with Crippen LogP contribution in [0.15, 0.2) is 18.2 Å². The molecule has 3 nitrogen and oxygen atoms in total. The number of hydrogen-bond acceptors (Lipinski definition) is 3. The Morgan fingerprint density at radius 3 is 2.67 bits per heavy atom. The minimum absolute atomic E-state index is 0.358. The standard InChI is InChI=1S/C18H29NO2/c1-13-7-5-6-8-17(13)19-14(2)15-9-10-18(21-4)16(11-15)12-20-3/h9-11,13-14,17,19H,5-8,12H2,1-4H3. The lowest BCUT2D eigenvalue weighted by Crippen LogP contribution is -2.38. The Bertz CT molecular complexity index is 447. The van der Waals surface area contributed by atoms with E-state index in [1.807, 2.05) is 6.07 Å². The van der Waals surface area contributed by atoms with E-state index in [-0.39, 0.29) is 0 Å². The van der Waals surface area contributed by atoms with Crippen LogP contribution < -0.4 is 10.1 Å². The summed E-state index contributed by atoms with van der Waals surface area (Å²) in [4.78, 5) is 0. The van der Waals surface area contributed by atoms with Gasteiger partial charge in [0.25, 0.3) is 0 Å². The fraction of sp³-hybridized carbons (Fsp3) is 0.667. The third-order valence-electron chi connectivity index (χ3n) is 4.68. The van der Waals surface area contributed by atoms with Crippen molar-refractivity contribution in [1.29, 1.82) is 0 Å². The number of benzene rings is 1. The van der Waals surface area contributed by atoms with Crippen molar-refractivity contribution in [3.63, 3.8) is 0 Å². The lowest BCUT2D eigenvalue weighted by molar-refractivity contribution is 0.181. The van der Waals surface area contributed by atoms with Crippen LogP contribution in [-0.4, -0.2) is 20.3 Å². The minimum Gasteiger partial charge on any atom is -0.496 e. The van der Waals surface area contributed by atoms with E-state index in [1.54, 1.807) is 14.2 Å². The van der Waals surface area contributed by atoms with Crippen molar-refractivity contribution in [1.82, 2.24) is 5.32 Å². The van der Waals surface area contributed by atoms with E-state index in [9.17, 15) is 0 Å². The number of methoxy groups -OCH3 is 2. The van der Waals surface area contributed by atoms with E-state index in [4.69, 9.17) is 9.47 Å². The fourth-order valence-corrected chi connectivity index (χ4v) is 3.32. The molecule has 118 valence electrons. The van der Waals surface area contributed by atoms with E-state index >= 15 is 0 Å². The van der Waals surface area contributed by atoms with Gasteiger partial charge in [0.2, 0.25) is 0 Å². The van der Waals surface area contributed by atoms with E-state index < -0.39 is 0 Å². The van der Waals surface area contributed by atoms with Gasteiger partial charge in [-0.1, -0.05) is 25.8 Å². The van der Waals surface area contributed by atoms with Crippen LogP contribution in [0.2, 0.25) is 0 Å². The van der Waals surface area contributed by atoms with Gasteiger partial charge in [0.15, 0.2) is 0 Å². The molecular formula is C18H29NO2. The summed E-state index contributed by atoms with van der Waals surface area (Å²) in [5.74, 6) is 1.68. The molecule has 0 aliphatic heterocycles. The second-order valence-electron chi connectivity index (χ2n) is 6.26. The SMILES string of the molecule is COCc1cc(C(C)NC2CCCCC2C)ccc1OC. The highest BCUT2D eigenvalue weighted by molar-refractivity contribution is 5.38. The van der Waals surface area contributed by atoms with Crippen molar-refractivity contribution >= 4 is 0 Å². The monoisotopic (exact) mass is 291 g/mol. The Kier molecular flexibility index (Phi) is 6.07. The Labute approximate surface area is 129 Å². The average Bonchev–Trinajstić information content (AvgIpc) is 2.50. The summed E-state index contributed by atoms with van der Waals surface area (Å²) in [7, 11) is 3.43. The molecule has 0 bridgehead atoms. The molecule has 0 radical (unpaired) electrons. The predicted molar refractivity (Wildman–Crippen MR) is 86.7 cm³/mol. The Balaban J connectivity index is 2.07. The number of hydrogen-bond donors (Lipinski definition) is 1. The summed E-state index contributed by atoms with van der Waals surface area (Å²) < 4.78 is 10.7. The van der Waals surface area contributed by atoms with E-state index in [0.717, 1.165) is 17.2 Å². The molecule has 3 atom stereocenters. The van der Waals surface area contributed by atoms with Gasteiger partial charge in [-0.15, -0.1) is 0 Å². The van der Waals surface area contributed by atoms with Gasteiger partial charge in [-0.3, -0.25) is 0 Å². The highest BCUT2D eigenvalue weighted by Gasteiger charge is 2.23. The van der Waals surface area contributed by atoms with Crippen molar-refractivity contribution in [3.8, 4) is 5.75 Å². The third kappa shape index (κ3) is 4.21. The van der Waals surface area contributed by atoms with Gasteiger partial charge in [0.1, 0.15) is 5.75 Å². The summed E-state index contributed by atoms with van der Waals surface area (Å²) >= 11 is 0. The number of rotatable bonds is 6. The first-order valence-corrected chi connectivity index (χ1v) is 8.07. The van der Waals surface area contributed by atoms with E-state index in [2.05, 4.69) is 31.3 Å². The Morgan fingerprint density at radius 2 is 2.00 bits per heavy atom. The first-order chi connectivity index (χ1) is 10.2. The van der Waals surface area contributed by atoms with Gasteiger partial charge in [0.05, 0.1) is 13.7 Å². The molecule has 0 spiro atoms. The van der Waals surface area contributed by atoms with Crippen LogP contribution in [0.25, 0.3) is 0 Å². The topological polar surface area (TPSA) is 30.5 Å². The zero-order valence-corrected chi connectivity index (χ0v) is 13.8. The van der Waals surface area contributed by atoms with Crippen molar-refractivity contribution < 1.29 is 9.47 Å². The first kappa shape index (κ1) is 16.3. The molecule has 3 unspecified atom stereocenters. The van der Waals surface area contributed by atoms with E-state index in [0.29, 0.717) is 18.7 Å². The summed E-state index contributed by atoms with van der Waals surface area (Å²) in [6.45, 7) is 5.21. The Morgan fingerprint density at radius 1 is 1.24 bits per heavy atom. The molecule has 1 aliphatic carbocycles. The first-order valence-electron chi connectivity index (χ1n) is 8.07. The van der Waals surface area contributed by atoms with Crippen molar-refractivity contribution in [2.24, 2.45) is 5.92 Å². The molecule has 0 aromatic heterocycles. The lowest BCUT2D eigenvalue weighted by atomic mass is 9.85. The van der Waals surface area contributed by atoms with Crippen LogP contribution in [0.5, 0.6) is 5.75 Å². The minimum atomic E-state index is 0.358. The molecule has 3 heteroatoms. The molecule has 1 aromatic rings. The van der Waals surface area contributed by atoms with Crippen LogP contribution in [0.4, 0.5) is 0 Å². The largest absolute Gasteiger partial charge is 0.496 e. The van der Waals surface area contributed by atoms with Gasteiger partial charge in [-0.2, -0.15) is 0 Å². The number of ether oxygens (including phenoxy) is 2. The molecule has 1 saturated carbocycles. The maximum atomic E-state index is 5.40. The molecule has 1 fully saturated rings. The summed E-state index contributed by atoms with van der Waals surface area (Å²) in [6.07, 6.45) is 5.38. The summed E-state index contributed by atoms with van der Waals surface area (Å²) in [6, 6.07) is 7.40. The van der Waals surface area contributed by atoms with Crippen LogP contribution in [0, 0.1) is 5.92 Å². The van der Waals surface area contributed by atoms with E-state index in [1.165, 1.54) is 31.2 Å². The van der Waals surface area contributed by atoms with Crippen LogP contribution in [-0.2, 0) is 11.3 Å². The lowest BCUT2D eigenvalue weighted by Gasteiger charge is -2.32. The van der Waals surface area contributed by atoms with Crippen molar-refractivity contribution in [3.05, 3.63) is 29.3 Å². The maximum Gasteiger partial charge on any atom is 0.124 e. The van der Waals surface area contributed by atoms with Crippen molar-refractivity contribution in [2.45, 2.75) is 58.2 Å². The molecule has 0 saturated heterocycles. The smallest absolute Gasteiger partial charge is 0.124 e. The predicted octanol–water partition coefficient (Wildman–Crippen LogP) is 4.07. The molecule has 0 heterocycles. The highest BCUT2D eigenvalue weighted by Crippen LogP contribution is 2.28. The van der Waals surface area contributed by atoms with Gasteiger partial charge < -0.3 is 14.8 Å². The van der Waals surface area contributed by atoms with Gasteiger partial charge in [0, 0.05) is 24.8 Å². The van der Waals surface area contributed by atoms with Crippen LogP contribution in [0.1, 0.15) is 56.7 Å². The molecule has 1 N–H and O–H groups in total.